The maximum atomic E-state index is 12.8. The highest BCUT2D eigenvalue weighted by molar-refractivity contribution is 5.77. The zero-order valence-corrected chi connectivity index (χ0v) is 15.4. The van der Waals surface area contributed by atoms with E-state index in [1.807, 2.05) is 44.2 Å². The van der Waals surface area contributed by atoms with Gasteiger partial charge in [-0.05, 0) is 60.9 Å². The molecule has 0 saturated heterocycles. The third-order valence-electron chi connectivity index (χ3n) is 4.57. The van der Waals surface area contributed by atoms with E-state index in [0.717, 1.165) is 28.3 Å². The Kier molecular flexibility index (Phi) is 5.23. The zero-order valence-electron chi connectivity index (χ0n) is 15.4. The van der Waals surface area contributed by atoms with Crippen molar-refractivity contribution in [3.05, 3.63) is 76.9 Å². The van der Waals surface area contributed by atoms with Crippen molar-refractivity contribution in [2.75, 3.05) is 5.32 Å². The number of hydrogen-bond donors (Lipinski definition) is 3. The van der Waals surface area contributed by atoms with Crippen molar-refractivity contribution in [2.24, 2.45) is 0 Å². The standard InChI is InChI=1S/C22H20F3NO2/c1-13-6-9-19(27)17(10-13)21-14(2)4-3-5-15(21)12-26-18-8-7-16(11-20(18)28)22(23,24)25/h3-11,26-28H,12H2,1-2H3. The first kappa shape index (κ1) is 19.6. The quantitative estimate of drug-likeness (QED) is 0.480. The fraction of sp³-hybridized carbons (Fsp3) is 0.182. The summed E-state index contributed by atoms with van der Waals surface area (Å²) >= 11 is 0. The third-order valence-corrected chi connectivity index (χ3v) is 4.57. The molecular formula is C22H20F3NO2. The molecule has 0 amide bonds. The van der Waals surface area contributed by atoms with Gasteiger partial charge >= 0.3 is 6.18 Å². The van der Waals surface area contributed by atoms with Gasteiger partial charge in [-0.2, -0.15) is 13.2 Å². The first-order chi connectivity index (χ1) is 13.2. The van der Waals surface area contributed by atoms with Crippen LogP contribution in [0.4, 0.5) is 18.9 Å². The van der Waals surface area contributed by atoms with Crippen LogP contribution in [0.15, 0.2) is 54.6 Å². The van der Waals surface area contributed by atoms with Gasteiger partial charge in [-0.1, -0.05) is 29.8 Å². The molecule has 0 bridgehead atoms. The average molecular weight is 387 g/mol. The van der Waals surface area contributed by atoms with E-state index in [9.17, 15) is 23.4 Å². The molecular weight excluding hydrogens is 367 g/mol. The summed E-state index contributed by atoms with van der Waals surface area (Å²) in [6, 6.07) is 13.8. The fourth-order valence-electron chi connectivity index (χ4n) is 3.16. The largest absolute Gasteiger partial charge is 0.507 e. The minimum atomic E-state index is -4.51. The molecule has 0 aliphatic rings. The molecule has 6 heteroatoms. The number of halogens is 3. The minimum Gasteiger partial charge on any atom is -0.507 e. The highest BCUT2D eigenvalue weighted by atomic mass is 19.4. The Labute approximate surface area is 161 Å². The second kappa shape index (κ2) is 7.46. The Bertz CT molecular complexity index is 1010. The second-order valence-electron chi connectivity index (χ2n) is 6.71. The van der Waals surface area contributed by atoms with Gasteiger partial charge in [0.25, 0.3) is 0 Å². The SMILES string of the molecule is Cc1ccc(O)c(-c2c(C)cccc2CNc2ccc(C(F)(F)F)cc2O)c1. The van der Waals surface area contributed by atoms with Crippen molar-refractivity contribution in [1.29, 1.82) is 0 Å². The van der Waals surface area contributed by atoms with Crippen LogP contribution in [-0.4, -0.2) is 10.2 Å². The van der Waals surface area contributed by atoms with Crippen molar-refractivity contribution >= 4 is 5.69 Å². The minimum absolute atomic E-state index is 0.151. The van der Waals surface area contributed by atoms with Crippen molar-refractivity contribution in [3.63, 3.8) is 0 Å². The number of nitrogens with one attached hydrogen (secondary N) is 1. The van der Waals surface area contributed by atoms with E-state index in [0.29, 0.717) is 11.6 Å². The summed E-state index contributed by atoms with van der Waals surface area (Å²) in [6.45, 7) is 4.12. The van der Waals surface area contributed by atoms with E-state index < -0.39 is 17.5 Å². The maximum absolute atomic E-state index is 12.8. The molecule has 3 nitrogen and oxygen atoms in total. The lowest BCUT2D eigenvalue weighted by atomic mass is 9.93. The first-order valence-electron chi connectivity index (χ1n) is 8.69. The molecule has 0 aromatic heterocycles. The molecule has 3 aromatic carbocycles. The molecule has 0 aliphatic carbocycles. The van der Waals surface area contributed by atoms with Crippen LogP contribution in [0.1, 0.15) is 22.3 Å². The van der Waals surface area contributed by atoms with Crippen molar-refractivity contribution < 1.29 is 23.4 Å². The molecule has 0 radical (unpaired) electrons. The summed E-state index contributed by atoms with van der Waals surface area (Å²) in [5, 5.41) is 23.2. The highest BCUT2D eigenvalue weighted by Gasteiger charge is 2.31. The summed E-state index contributed by atoms with van der Waals surface area (Å²) < 4.78 is 38.3. The Morgan fingerprint density at radius 2 is 1.64 bits per heavy atom. The molecule has 3 rings (SSSR count). The van der Waals surface area contributed by atoms with E-state index in [1.165, 1.54) is 6.07 Å². The molecule has 0 atom stereocenters. The second-order valence-corrected chi connectivity index (χ2v) is 6.71. The highest BCUT2D eigenvalue weighted by Crippen LogP contribution is 2.37. The number of hydrogen-bond acceptors (Lipinski definition) is 3. The molecule has 0 spiro atoms. The van der Waals surface area contributed by atoms with Gasteiger partial charge in [-0.25, -0.2) is 0 Å². The number of aryl methyl sites for hydroxylation is 2. The number of alkyl halides is 3. The predicted molar refractivity (Wildman–Crippen MR) is 103 cm³/mol. The number of phenols is 2. The van der Waals surface area contributed by atoms with Gasteiger partial charge in [-0.3, -0.25) is 0 Å². The number of benzene rings is 3. The van der Waals surface area contributed by atoms with Gasteiger partial charge in [0, 0.05) is 12.1 Å². The Hall–Kier alpha value is -3.15. The topological polar surface area (TPSA) is 52.5 Å². The van der Waals surface area contributed by atoms with E-state index in [2.05, 4.69) is 5.32 Å². The van der Waals surface area contributed by atoms with Crippen molar-refractivity contribution in [2.45, 2.75) is 26.6 Å². The van der Waals surface area contributed by atoms with Crippen LogP contribution in [0.2, 0.25) is 0 Å². The van der Waals surface area contributed by atoms with Crippen LogP contribution in [0, 0.1) is 13.8 Å². The number of anilines is 1. The third kappa shape index (κ3) is 4.06. The Morgan fingerprint density at radius 1 is 0.893 bits per heavy atom. The van der Waals surface area contributed by atoms with Crippen LogP contribution in [-0.2, 0) is 12.7 Å². The van der Waals surface area contributed by atoms with Crippen molar-refractivity contribution in [1.82, 2.24) is 0 Å². The fourth-order valence-corrected chi connectivity index (χ4v) is 3.16. The smallest absolute Gasteiger partial charge is 0.416 e. The van der Waals surface area contributed by atoms with E-state index in [4.69, 9.17) is 0 Å². The summed E-state index contributed by atoms with van der Waals surface area (Å²) in [7, 11) is 0. The van der Waals surface area contributed by atoms with Gasteiger partial charge in [0.05, 0.1) is 11.3 Å². The van der Waals surface area contributed by atoms with Crippen molar-refractivity contribution in [3.8, 4) is 22.6 Å². The molecule has 28 heavy (non-hydrogen) atoms. The molecule has 0 unspecified atom stereocenters. The van der Waals surface area contributed by atoms with Gasteiger partial charge in [0.15, 0.2) is 0 Å². The lowest BCUT2D eigenvalue weighted by molar-refractivity contribution is -0.137. The maximum Gasteiger partial charge on any atom is 0.416 e. The zero-order chi connectivity index (χ0) is 20.5. The van der Waals surface area contributed by atoms with E-state index >= 15 is 0 Å². The molecule has 146 valence electrons. The van der Waals surface area contributed by atoms with Gasteiger partial charge in [0.2, 0.25) is 0 Å². The average Bonchev–Trinajstić information content (AvgIpc) is 2.62. The van der Waals surface area contributed by atoms with Crippen LogP contribution >= 0.6 is 0 Å². The summed E-state index contributed by atoms with van der Waals surface area (Å²) in [5.41, 5.74) is 3.63. The molecule has 0 saturated carbocycles. The van der Waals surface area contributed by atoms with Crippen LogP contribution < -0.4 is 5.32 Å². The summed E-state index contributed by atoms with van der Waals surface area (Å²) in [4.78, 5) is 0. The van der Waals surface area contributed by atoms with Gasteiger partial charge in [0.1, 0.15) is 11.5 Å². The lowest BCUT2D eigenvalue weighted by Crippen LogP contribution is -2.06. The first-order valence-corrected chi connectivity index (χ1v) is 8.69. The summed E-state index contributed by atoms with van der Waals surface area (Å²) in [6.07, 6.45) is -4.51. The molecule has 0 heterocycles. The lowest BCUT2D eigenvalue weighted by Gasteiger charge is -2.17. The Morgan fingerprint density at radius 3 is 2.32 bits per heavy atom. The molecule has 3 aromatic rings. The normalized spacial score (nSPS) is 11.5. The van der Waals surface area contributed by atoms with Crippen LogP contribution in [0.25, 0.3) is 11.1 Å². The van der Waals surface area contributed by atoms with Gasteiger partial charge in [-0.15, -0.1) is 0 Å². The van der Waals surface area contributed by atoms with E-state index in [1.54, 1.807) is 6.07 Å². The number of phenolic OH excluding ortho intramolecular Hbond substituents is 2. The van der Waals surface area contributed by atoms with Crippen LogP contribution in [0.3, 0.4) is 0 Å². The molecule has 0 aliphatic heterocycles. The monoisotopic (exact) mass is 387 g/mol. The summed E-state index contributed by atoms with van der Waals surface area (Å²) in [5.74, 6) is -0.319. The molecule has 3 N–H and O–H groups in total. The molecule has 0 fully saturated rings. The number of rotatable bonds is 4. The predicted octanol–water partition coefficient (Wildman–Crippen LogP) is 6.01. The number of aromatic hydroxyl groups is 2. The van der Waals surface area contributed by atoms with Gasteiger partial charge < -0.3 is 15.5 Å². The Balaban J connectivity index is 1.92. The van der Waals surface area contributed by atoms with E-state index in [-0.39, 0.29) is 18.0 Å². The van der Waals surface area contributed by atoms with Crippen LogP contribution in [0.5, 0.6) is 11.5 Å².